The van der Waals surface area contributed by atoms with Gasteiger partial charge >= 0.3 is 6.18 Å². The molecule has 1 aliphatic heterocycles. The maximum Gasteiger partial charge on any atom is 0.416 e. The molecular formula is C15H18F3NO5S. The highest BCUT2D eigenvalue weighted by atomic mass is 32.2. The van der Waals surface area contributed by atoms with E-state index >= 15 is 0 Å². The van der Waals surface area contributed by atoms with Crippen molar-refractivity contribution in [2.24, 2.45) is 5.92 Å². The first-order valence-electron chi connectivity index (χ1n) is 7.53. The second-order valence-corrected chi connectivity index (χ2v) is 8.06. The first-order chi connectivity index (χ1) is 11.6. The zero-order chi connectivity index (χ0) is 18.7. The van der Waals surface area contributed by atoms with Crippen LogP contribution in [0.1, 0.15) is 12.0 Å². The molecule has 0 bridgehead atoms. The number of hydrogen-bond donors (Lipinski definition) is 2. The van der Waals surface area contributed by atoms with Crippen LogP contribution < -0.4 is 10.1 Å². The molecule has 0 saturated carbocycles. The number of nitrogens with one attached hydrogen (secondary N) is 1. The summed E-state index contributed by atoms with van der Waals surface area (Å²) in [4.78, 5) is 11.8. The summed E-state index contributed by atoms with van der Waals surface area (Å²) in [7, 11) is -3.17. The molecular weight excluding hydrogens is 363 g/mol. The Morgan fingerprint density at radius 2 is 1.96 bits per heavy atom. The van der Waals surface area contributed by atoms with E-state index in [-0.39, 0.29) is 36.8 Å². The van der Waals surface area contributed by atoms with E-state index in [1.807, 2.05) is 0 Å². The Kier molecular flexibility index (Phi) is 5.94. The van der Waals surface area contributed by atoms with Crippen molar-refractivity contribution >= 4 is 15.7 Å². The maximum absolute atomic E-state index is 12.4. The fourth-order valence-electron chi connectivity index (χ4n) is 2.36. The monoisotopic (exact) mass is 381 g/mol. The molecule has 2 unspecified atom stereocenters. The van der Waals surface area contributed by atoms with Crippen molar-refractivity contribution in [1.82, 2.24) is 5.32 Å². The number of ether oxygens (including phenoxy) is 1. The van der Waals surface area contributed by atoms with Crippen molar-refractivity contribution in [2.45, 2.75) is 18.7 Å². The molecule has 0 aromatic heterocycles. The van der Waals surface area contributed by atoms with E-state index in [0.29, 0.717) is 0 Å². The second kappa shape index (κ2) is 7.61. The summed E-state index contributed by atoms with van der Waals surface area (Å²) in [5.74, 6) is -1.13. The zero-order valence-electron chi connectivity index (χ0n) is 13.1. The van der Waals surface area contributed by atoms with Gasteiger partial charge in [0.05, 0.1) is 23.0 Å². The highest BCUT2D eigenvalue weighted by Gasteiger charge is 2.33. The molecule has 0 aliphatic carbocycles. The number of aliphatic hydroxyl groups is 1. The SMILES string of the molecule is O=C(NCC(O)COc1ccc(C(F)(F)F)cc1)C1CCS(=O)(=O)C1. The predicted octanol–water partition coefficient (Wildman–Crippen LogP) is 0.996. The number of rotatable bonds is 6. The number of carbonyl (C=O) groups is 1. The average Bonchev–Trinajstić information content (AvgIpc) is 2.90. The van der Waals surface area contributed by atoms with Crippen LogP contribution in [-0.2, 0) is 20.8 Å². The van der Waals surface area contributed by atoms with Crippen LogP contribution in [0.2, 0.25) is 0 Å². The zero-order valence-corrected chi connectivity index (χ0v) is 13.9. The van der Waals surface area contributed by atoms with Crippen LogP contribution in [0.25, 0.3) is 0 Å². The third-order valence-electron chi connectivity index (χ3n) is 3.74. The lowest BCUT2D eigenvalue weighted by molar-refractivity contribution is -0.137. The highest BCUT2D eigenvalue weighted by Crippen LogP contribution is 2.30. The van der Waals surface area contributed by atoms with Gasteiger partial charge in [0.25, 0.3) is 0 Å². The van der Waals surface area contributed by atoms with Crippen LogP contribution in [0.4, 0.5) is 13.2 Å². The molecule has 1 heterocycles. The van der Waals surface area contributed by atoms with Crippen molar-refractivity contribution in [3.63, 3.8) is 0 Å². The van der Waals surface area contributed by atoms with Crippen molar-refractivity contribution in [1.29, 1.82) is 0 Å². The lowest BCUT2D eigenvalue weighted by Gasteiger charge is -2.15. The number of amides is 1. The van der Waals surface area contributed by atoms with Crippen molar-refractivity contribution < 1.29 is 36.2 Å². The summed E-state index contributed by atoms with van der Waals surface area (Å²) >= 11 is 0. The van der Waals surface area contributed by atoms with E-state index in [9.17, 15) is 31.5 Å². The molecule has 1 amide bonds. The van der Waals surface area contributed by atoms with Gasteiger partial charge < -0.3 is 15.2 Å². The van der Waals surface area contributed by atoms with Crippen LogP contribution in [0.3, 0.4) is 0 Å². The van der Waals surface area contributed by atoms with Crippen LogP contribution in [0, 0.1) is 5.92 Å². The largest absolute Gasteiger partial charge is 0.491 e. The van der Waals surface area contributed by atoms with Crippen LogP contribution in [-0.4, -0.2) is 50.2 Å². The Hall–Kier alpha value is -1.81. The number of hydrogen-bond acceptors (Lipinski definition) is 5. The molecule has 0 spiro atoms. The smallest absolute Gasteiger partial charge is 0.416 e. The van der Waals surface area contributed by atoms with E-state index < -0.39 is 39.5 Å². The molecule has 2 N–H and O–H groups in total. The fraction of sp³-hybridized carbons (Fsp3) is 0.533. The van der Waals surface area contributed by atoms with Gasteiger partial charge in [0, 0.05) is 6.54 Å². The van der Waals surface area contributed by atoms with E-state index in [4.69, 9.17) is 4.74 Å². The quantitative estimate of drug-likeness (QED) is 0.767. The fourth-order valence-corrected chi connectivity index (χ4v) is 4.10. The Morgan fingerprint density at radius 1 is 1.32 bits per heavy atom. The van der Waals surface area contributed by atoms with Gasteiger partial charge in [-0.15, -0.1) is 0 Å². The van der Waals surface area contributed by atoms with Gasteiger partial charge in [-0.2, -0.15) is 13.2 Å². The second-order valence-electron chi connectivity index (χ2n) is 5.83. The van der Waals surface area contributed by atoms with E-state index in [1.165, 1.54) is 0 Å². The molecule has 25 heavy (non-hydrogen) atoms. The lowest BCUT2D eigenvalue weighted by atomic mass is 10.1. The standard InChI is InChI=1S/C15H18F3NO5S/c16-15(17,18)11-1-3-13(4-2-11)24-8-12(20)7-19-14(21)10-5-6-25(22,23)9-10/h1-4,10,12,20H,5-9H2,(H,19,21). The van der Waals surface area contributed by atoms with Gasteiger partial charge in [-0.25, -0.2) is 8.42 Å². The van der Waals surface area contributed by atoms with Gasteiger partial charge in [-0.3, -0.25) is 4.79 Å². The van der Waals surface area contributed by atoms with Crippen LogP contribution in [0.5, 0.6) is 5.75 Å². The van der Waals surface area contributed by atoms with Gasteiger partial charge in [0.1, 0.15) is 18.5 Å². The minimum absolute atomic E-state index is 0.0231. The number of benzene rings is 1. The number of sulfone groups is 1. The van der Waals surface area contributed by atoms with Gasteiger partial charge in [-0.1, -0.05) is 0 Å². The van der Waals surface area contributed by atoms with Crippen LogP contribution >= 0.6 is 0 Å². The lowest BCUT2D eigenvalue weighted by Crippen LogP contribution is -2.38. The summed E-state index contributed by atoms with van der Waals surface area (Å²) in [5.41, 5.74) is -0.806. The summed E-state index contributed by atoms with van der Waals surface area (Å²) in [6.45, 7) is -0.370. The number of aliphatic hydroxyl groups excluding tert-OH is 1. The highest BCUT2D eigenvalue weighted by molar-refractivity contribution is 7.91. The van der Waals surface area contributed by atoms with Gasteiger partial charge in [0.2, 0.25) is 5.91 Å². The number of alkyl halides is 3. The molecule has 10 heteroatoms. The Labute approximate surface area is 142 Å². The predicted molar refractivity (Wildman–Crippen MR) is 82.7 cm³/mol. The van der Waals surface area contributed by atoms with E-state index in [2.05, 4.69) is 5.32 Å². The summed E-state index contributed by atoms with van der Waals surface area (Å²) in [5, 5.41) is 12.2. The topological polar surface area (TPSA) is 92.7 Å². The molecule has 1 aliphatic rings. The van der Waals surface area contributed by atoms with E-state index in [1.54, 1.807) is 0 Å². The molecule has 0 radical (unpaired) electrons. The number of carbonyl (C=O) groups excluding carboxylic acids is 1. The third-order valence-corrected chi connectivity index (χ3v) is 5.51. The Morgan fingerprint density at radius 3 is 2.48 bits per heavy atom. The molecule has 1 aromatic carbocycles. The van der Waals surface area contributed by atoms with Gasteiger partial charge in [-0.05, 0) is 30.7 Å². The van der Waals surface area contributed by atoms with Gasteiger partial charge in [0.15, 0.2) is 9.84 Å². The molecule has 2 atom stereocenters. The first-order valence-corrected chi connectivity index (χ1v) is 9.35. The van der Waals surface area contributed by atoms with Crippen molar-refractivity contribution in [2.75, 3.05) is 24.7 Å². The summed E-state index contributed by atoms with van der Waals surface area (Å²) < 4.78 is 65.1. The Balaban J connectivity index is 1.73. The Bertz CT molecular complexity index is 703. The molecule has 1 aromatic rings. The molecule has 140 valence electrons. The third kappa shape index (κ3) is 5.89. The maximum atomic E-state index is 12.4. The summed E-state index contributed by atoms with van der Waals surface area (Å²) in [6.07, 6.45) is -5.26. The summed E-state index contributed by atoms with van der Waals surface area (Å²) in [6, 6.07) is 4.00. The molecule has 1 saturated heterocycles. The molecule has 6 nitrogen and oxygen atoms in total. The molecule has 2 rings (SSSR count). The van der Waals surface area contributed by atoms with Crippen molar-refractivity contribution in [3.05, 3.63) is 29.8 Å². The normalized spacial score (nSPS) is 20.9. The average molecular weight is 381 g/mol. The minimum Gasteiger partial charge on any atom is -0.491 e. The van der Waals surface area contributed by atoms with Crippen molar-refractivity contribution in [3.8, 4) is 5.75 Å². The first kappa shape index (κ1) is 19.5. The molecule has 1 fully saturated rings. The van der Waals surface area contributed by atoms with Crippen LogP contribution in [0.15, 0.2) is 24.3 Å². The minimum atomic E-state index is -4.43. The number of halogens is 3. The van der Waals surface area contributed by atoms with E-state index in [0.717, 1.165) is 24.3 Å².